The molecular weight excluding hydrogens is 150 g/mol. The minimum absolute atomic E-state index is 0.284. The maximum absolute atomic E-state index is 9.01. The van der Waals surface area contributed by atoms with E-state index in [0.717, 1.165) is 18.9 Å². The second kappa shape index (κ2) is 3.75. The summed E-state index contributed by atoms with van der Waals surface area (Å²) in [6, 6.07) is 0.336. The summed E-state index contributed by atoms with van der Waals surface area (Å²) in [6.45, 7) is 8.21. The Morgan fingerprint density at radius 2 is 2.08 bits per heavy atom. The van der Waals surface area contributed by atoms with Crippen molar-refractivity contribution in [1.29, 1.82) is 0 Å². The van der Waals surface area contributed by atoms with Crippen LogP contribution in [-0.4, -0.2) is 24.3 Å². The summed E-state index contributed by atoms with van der Waals surface area (Å²) in [4.78, 5) is 0. The van der Waals surface area contributed by atoms with Crippen LogP contribution in [0.25, 0.3) is 0 Å². The molecule has 1 fully saturated rings. The molecular formula is C10H21NO. The summed E-state index contributed by atoms with van der Waals surface area (Å²) < 4.78 is 0. The average Bonchev–Trinajstić information content (AvgIpc) is 2.03. The minimum Gasteiger partial charge on any atom is -0.395 e. The fourth-order valence-electron chi connectivity index (χ4n) is 1.93. The van der Waals surface area contributed by atoms with E-state index in [4.69, 9.17) is 5.11 Å². The van der Waals surface area contributed by atoms with Crippen LogP contribution in [0.1, 0.15) is 33.6 Å². The van der Waals surface area contributed by atoms with Crippen molar-refractivity contribution >= 4 is 0 Å². The lowest BCUT2D eigenvalue weighted by molar-refractivity contribution is 0.127. The predicted molar refractivity (Wildman–Crippen MR) is 51.1 cm³/mol. The van der Waals surface area contributed by atoms with Gasteiger partial charge in [0, 0.05) is 6.04 Å². The van der Waals surface area contributed by atoms with Crippen LogP contribution in [0.4, 0.5) is 0 Å². The van der Waals surface area contributed by atoms with Gasteiger partial charge in [0.25, 0.3) is 0 Å². The molecule has 1 aliphatic rings. The molecule has 0 amide bonds. The number of hydrogen-bond acceptors (Lipinski definition) is 2. The van der Waals surface area contributed by atoms with Crippen LogP contribution in [0.15, 0.2) is 0 Å². The van der Waals surface area contributed by atoms with Gasteiger partial charge in [-0.1, -0.05) is 20.8 Å². The molecule has 1 rings (SSSR count). The summed E-state index contributed by atoms with van der Waals surface area (Å²) in [5.41, 5.74) is 0.398. The number of aliphatic hydroxyl groups excluding tert-OH is 1. The first-order chi connectivity index (χ1) is 5.54. The SMILES string of the molecule is CC(C)(C)[C@@H]1CCN[C@H](CO)C1. The molecule has 0 aromatic rings. The molecule has 0 aromatic carbocycles. The number of aliphatic hydroxyl groups is 1. The van der Waals surface area contributed by atoms with Gasteiger partial charge in [-0.3, -0.25) is 0 Å². The summed E-state index contributed by atoms with van der Waals surface area (Å²) in [7, 11) is 0. The highest BCUT2D eigenvalue weighted by atomic mass is 16.3. The molecule has 0 radical (unpaired) electrons. The fraction of sp³-hybridized carbons (Fsp3) is 1.00. The number of piperidine rings is 1. The third-order valence-electron chi connectivity index (χ3n) is 2.94. The lowest BCUT2D eigenvalue weighted by atomic mass is 9.74. The van der Waals surface area contributed by atoms with Crippen LogP contribution < -0.4 is 5.32 Å². The maximum Gasteiger partial charge on any atom is 0.0584 e. The van der Waals surface area contributed by atoms with E-state index < -0.39 is 0 Å². The maximum atomic E-state index is 9.01. The molecule has 0 spiro atoms. The molecule has 2 N–H and O–H groups in total. The smallest absolute Gasteiger partial charge is 0.0584 e. The molecule has 0 unspecified atom stereocenters. The Balaban J connectivity index is 2.46. The van der Waals surface area contributed by atoms with Gasteiger partial charge in [-0.05, 0) is 30.7 Å². The molecule has 2 nitrogen and oxygen atoms in total. The van der Waals surface area contributed by atoms with Crippen LogP contribution >= 0.6 is 0 Å². The highest BCUT2D eigenvalue weighted by molar-refractivity contribution is 4.84. The average molecular weight is 171 g/mol. The van der Waals surface area contributed by atoms with Crippen molar-refractivity contribution in [2.75, 3.05) is 13.2 Å². The van der Waals surface area contributed by atoms with Crippen molar-refractivity contribution < 1.29 is 5.11 Å². The molecule has 1 saturated heterocycles. The lowest BCUT2D eigenvalue weighted by Gasteiger charge is -2.37. The van der Waals surface area contributed by atoms with Crippen LogP contribution in [0.2, 0.25) is 0 Å². The zero-order valence-corrected chi connectivity index (χ0v) is 8.43. The lowest BCUT2D eigenvalue weighted by Crippen LogP contribution is -2.43. The third-order valence-corrected chi connectivity index (χ3v) is 2.94. The van der Waals surface area contributed by atoms with Crippen LogP contribution in [0.5, 0.6) is 0 Å². The van der Waals surface area contributed by atoms with Crippen LogP contribution in [-0.2, 0) is 0 Å². The number of hydrogen-bond donors (Lipinski definition) is 2. The van der Waals surface area contributed by atoms with Gasteiger partial charge < -0.3 is 10.4 Å². The summed E-state index contributed by atoms with van der Waals surface area (Å²) >= 11 is 0. The number of nitrogens with one attached hydrogen (secondary N) is 1. The van der Waals surface area contributed by atoms with Gasteiger partial charge in [-0.25, -0.2) is 0 Å². The van der Waals surface area contributed by atoms with E-state index in [2.05, 4.69) is 26.1 Å². The van der Waals surface area contributed by atoms with Gasteiger partial charge in [0.1, 0.15) is 0 Å². The molecule has 0 aliphatic carbocycles. The van der Waals surface area contributed by atoms with Crippen molar-refractivity contribution in [3.05, 3.63) is 0 Å². The fourth-order valence-corrected chi connectivity index (χ4v) is 1.93. The van der Waals surface area contributed by atoms with Crippen molar-refractivity contribution in [2.45, 2.75) is 39.7 Å². The molecule has 2 atom stereocenters. The molecule has 72 valence electrons. The van der Waals surface area contributed by atoms with Crippen LogP contribution in [0, 0.1) is 11.3 Å². The second-order valence-electron chi connectivity index (χ2n) is 4.92. The quantitative estimate of drug-likeness (QED) is 0.625. The first kappa shape index (κ1) is 10.0. The van der Waals surface area contributed by atoms with Crippen molar-refractivity contribution in [3.8, 4) is 0 Å². The predicted octanol–water partition coefficient (Wildman–Crippen LogP) is 1.39. The van der Waals surface area contributed by atoms with Gasteiger partial charge in [-0.2, -0.15) is 0 Å². The van der Waals surface area contributed by atoms with Gasteiger partial charge in [-0.15, -0.1) is 0 Å². The molecule has 2 heteroatoms. The Labute approximate surface area is 75.4 Å². The number of rotatable bonds is 1. The summed E-state index contributed by atoms with van der Waals surface area (Å²) in [5, 5.41) is 12.3. The van der Waals surface area contributed by atoms with Crippen molar-refractivity contribution in [1.82, 2.24) is 5.32 Å². The molecule has 0 aromatic heterocycles. The minimum atomic E-state index is 0.284. The first-order valence-electron chi connectivity index (χ1n) is 4.88. The summed E-state index contributed by atoms with van der Waals surface area (Å²) in [6.07, 6.45) is 2.38. The topological polar surface area (TPSA) is 32.3 Å². The second-order valence-corrected chi connectivity index (χ2v) is 4.92. The van der Waals surface area contributed by atoms with E-state index in [9.17, 15) is 0 Å². The first-order valence-corrected chi connectivity index (χ1v) is 4.88. The Morgan fingerprint density at radius 1 is 1.42 bits per heavy atom. The zero-order chi connectivity index (χ0) is 9.19. The van der Waals surface area contributed by atoms with Gasteiger partial charge >= 0.3 is 0 Å². The van der Waals surface area contributed by atoms with Crippen molar-refractivity contribution in [3.63, 3.8) is 0 Å². The van der Waals surface area contributed by atoms with E-state index in [0.29, 0.717) is 11.5 Å². The molecule has 0 saturated carbocycles. The molecule has 12 heavy (non-hydrogen) atoms. The normalized spacial score (nSPS) is 32.0. The van der Waals surface area contributed by atoms with E-state index >= 15 is 0 Å². The molecule has 0 bridgehead atoms. The van der Waals surface area contributed by atoms with Gasteiger partial charge in [0.15, 0.2) is 0 Å². The zero-order valence-electron chi connectivity index (χ0n) is 8.43. The molecule has 1 heterocycles. The highest BCUT2D eigenvalue weighted by Crippen LogP contribution is 2.33. The van der Waals surface area contributed by atoms with E-state index in [1.165, 1.54) is 6.42 Å². The van der Waals surface area contributed by atoms with Gasteiger partial charge in [0.2, 0.25) is 0 Å². The monoisotopic (exact) mass is 171 g/mol. The summed E-state index contributed by atoms with van der Waals surface area (Å²) in [5.74, 6) is 0.760. The Kier molecular flexibility index (Phi) is 3.13. The standard InChI is InChI=1S/C10H21NO/c1-10(2,3)8-4-5-11-9(6-8)7-12/h8-9,11-12H,4-7H2,1-3H3/t8-,9+/m1/s1. The third kappa shape index (κ3) is 2.46. The molecule has 1 aliphatic heterocycles. The van der Waals surface area contributed by atoms with E-state index in [1.807, 2.05) is 0 Å². The Morgan fingerprint density at radius 3 is 2.58 bits per heavy atom. The van der Waals surface area contributed by atoms with Crippen molar-refractivity contribution in [2.24, 2.45) is 11.3 Å². The Bertz CT molecular complexity index is 139. The largest absolute Gasteiger partial charge is 0.395 e. The van der Waals surface area contributed by atoms with E-state index in [1.54, 1.807) is 0 Å². The van der Waals surface area contributed by atoms with E-state index in [-0.39, 0.29) is 6.61 Å². The van der Waals surface area contributed by atoms with Gasteiger partial charge in [0.05, 0.1) is 6.61 Å². The van der Waals surface area contributed by atoms with Crippen LogP contribution in [0.3, 0.4) is 0 Å². The highest BCUT2D eigenvalue weighted by Gasteiger charge is 2.29. The Hall–Kier alpha value is -0.0800.